The van der Waals surface area contributed by atoms with Crippen LogP contribution in [-0.4, -0.2) is 31.4 Å². The Morgan fingerprint density at radius 1 is 1.03 bits per heavy atom. The molecular formula is C24H29FN4O2. The second kappa shape index (κ2) is 9.81. The minimum absolute atomic E-state index is 0.0737. The molecule has 6 nitrogen and oxygen atoms in total. The summed E-state index contributed by atoms with van der Waals surface area (Å²) in [4.78, 5) is 25.5. The molecule has 0 spiro atoms. The Hall–Kier alpha value is -3.09. The highest BCUT2D eigenvalue weighted by Crippen LogP contribution is 2.28. The molecule has 7 heteroatoms. The first-order valence-electron chi connectivity index (χ1n) is 11.0. The predicted molar refractivity (Wildman–Crippen MR) is 120 cm³/mol. The molecule has 2 saturated heterocycles. The topological polar surface area (TPSA) is 73.5 Å². The van der Waals surface area contributed by atoms with Gasteiger partial charge < -0.3 is 20.9 Å². The SMILES string of the molecule is O=C1CC(C(=O)NCc2ccc(Nc3ccc(F)c(N4CCCCCC4)c3)cc2)CN1. The number of rotatable bonds is 6. The fraction of sp³-hybridized carbons (Fsp3) is 0.417. The van der Waals surface area contributed by atoms with Gasteiger partial charge in [0.1, 0.15) is 5.82 Å². The summed E-state index contributed by atoms with van der Waals surface area (Å²) in [5, 5.41) is 8.90. The third-order valence-corrected chi connectivity index (χ3v) is 5.95. The zero-order chi connectivity index (χ0) is 21.6. The van der Waals surface area contributed by atoms with E-state index < -0.39 is 0 Å². The van der Waals surface area contributed by atoms with Gasteiger partial charge in [-0.2, -0.15) is 0 Å². The third kappa shape index (κ3) is 5.54. The summed E-state index contributed by atoms with van der Waals surface area (Å²) >= 11 is 0. The highest BCUT2D eigenvalue weighted by Gasteiger charge is 2.27. The van der Waals surface area contributed by atoms with Gasteiger partial charge in [0.2, 0.25) is 11.8 Å². The van der Waals surface area contributed by atoms with E-state index >= 15 is 0 Å². The van der Waals surface area contributed by atoms with Crippen molar-refractivity contribution in [1.29, 1.82) is 0 Å². The molecule has 2 aromatic carbocycles. The molecule has 1 atom stereocenters. The molecule has 0 bridgehead atoms. The number of halogens is 1. The van der Waals surface area contributed by atoms with E-state index in [0.29, 0.717) is 18.8 Å². The Morgan fingerprint density at radius 3 is 2.42 bits per heavy atom. The van der Waals surface area contributed by atoms with E-state index in [1.165, 1.54) is 18.9 Å². The lowest BCUT2D eigenvalue weighted by Gasteiger charge is -2.24. The van der Waals surface area contributed by atoms with Crippen LogP contribution >= 0.6 is 0 Å². The lowest BCUT2D eigenvalue weighted by atomic mass is 10.1. The van der Waals surface area contributed by atoms with Gasteiger partial charge in [-0.25, -0.2) is 4.39 Å². The van der Waals surface area contributed by atoms with Gasteiger partial charge in [0.15, 0.2) is 0 Å². The number of anilines is 3. The normalized spacial score (nSPS) is 18.9. The number of nitrogens with one attached hydrogen (secondary N) is 3. The molecule has 3 N–H and O–H groups in total. The molecule has 2 aromatic rings. The van der Waals surface area contributed by atoms with E-state index in [4.69, 9.17) is 0 Å². The fourth-order valence-electron chi connectivity index (χ4n) is 4.14. The van der Waals surface area contributed by atoms with E-state index in [9.17, 15) is 14.0 Å². The number of carbonyl (C=O) groups is 2. The molecule has 0 radical (unpaired) electrons. The standard InChI is InChI=1S/C24H29FN4O2/c25-21-10-9-20(14-22(21)29-11-3-1-2-4-12-29)28-19-7-5-17(6-8-19)15-27-24(31)18-13-23(30)26-16-18/h5-10,14,18,28H,1-4,11-13,15-16H2,(H,26,30)(H,27,31). The third-order valence-electron chi connectivity index (χ3n) is 5.95. The number of benzene rings is 2. The summed E-state index contributed by atoms with van der Waals surface area (Å²) in [6, 6.07) is 12.9. The maximum absolute atomic E-state index is 14.4. The van der Waals surface area contributed by atoms with Crippen LogP contribution in [0.2, 0.25) is 0 Å². The van der Waals surface area contributed by atoms with Crippen molar-refractivity contribution >= 4 is 28.9 Å². The van der Waals surface area contributed by atoms with Crippen molar-refractivity contribution in [2.45, 2.75) is 38.6 Å². The summed E-state index contributed by atoms with van der Waals surface area (Å²) in [7, 11) is 0. The molecule has 4 rings (SSSR count). The predicted octanol–water partition coefficient (Wildman–Crippen LogP) is 3.70. The Morgan fingerprint density at radius 2 is 1.74 bits per heavy atom. The maximum atomic E-state index is 14.4. The largest absolute Gasteiger partial charge is 0.369 e. The van der Waals surface area contributed by atoms with Crippen LogP contribution in [0.5, 0.6) is 0 Å². The van der Waals surface area contributed by atoms with E-state index in [1.54, 1.807) is 6.07 Å². The Bertz CT molecular complexity index is 924. The van der Waals surface area contributed by atoms with Crippen molar-refractivity contribution in [3.63, 3.8) is 0 Å². The van der Waals surface area contributed by atoms with Crippen molar-refractivity contribution in [3.8, 4) is 0 Å². The van der Waals surface area contributed by atoms with Crippen LogP contribution in [0.15, 0.2) is 42.5 Å². The van der Waals surface area contributed by atoms with Gasteiger partial charge >= 0.3 is 0 Å². The van der Waals surface area contributed by atoms with Gasteiger partial charge in [-0.1, -0.05) is 25.0 Å². The molecule has 0 saturated carbocycles. The molecule has 1 unspecified atom stereocenters. The van der Waals surface area contributed by atoms with Crippen molar-refractivity contribution in [3.05, 3.63) is 53.8 Å². The van der Waals surface area contributed by atoms with Gasteiger partial charge in [0.05, 0.1) is 11.6 Å². The van der Waals surface area contributed by atoms with Gasteiger partial charge in [0, 0.05) is 44.0 Å². The van der Waals surface area contributed by atoms with E-state index in [-0.39, 0.29) is 30.0 Å². The number of amides is 2. The average molecular weight is 425 g/mol. The molecule has 2 amide bonds. The number of hydrogen-bond acceptors (Lipinski definition) is 4. The molecule has 0 aromatic heterocycles. The van der Waals surface area contributed by atoms with Crippen LogP contribution in [0, 0.1) is 11.7 Å². The summed E-state index contributed by atoms with van der Waals surface area (Å²) in [5.74, 6) is -0.647. The van der Waals surface area contributed by atoms with Gasteiger partial charge in [-0.15, -0.1) is 0 Å². The Balaban J connectivity index is 1.35. The lowest BCUT2D eigenvalue weighted by Crippen LogP contribution is -2.31. The summed E-state index contributed by atoms with van der Waals surface area (Å²) in [6.07, 6.45) is 4.87. The zero-order valence-corrected chi connectivity index (χ0v) is 17.6. The molecule has 2 heterocycles. The van der Waals surface area contributed by atoms with Crippen LogP contribution in [0.4, 0.5) is 21.5 Å². The van der Waals surface area contributed by atoms with Gasteiger partial charge in [-0.3, -0.25) is 9.59 Å². The first-order chi connectivity index (χ1) is 15.1. The molecule has 2 aliphatic heterocycles. The van der Waals surface area contributed by atoms with Crippen molar-refractivity contribution in [2.24, 2.45) is 5.92 Å². The highest BCUT2D eigenvalue weighted by molar-refractivity contribution is 5.89. The van der Waals surface area contributed by atoms with Crippen molar-refractivity contribution in [1.82, 2.24) is 10.6 Å². The molecule has 164 valence electrons. The first-order valence-corrected chi connectivity index (χ1v) is 11.0. The monoisotopic (exact) mass is 424 g/mol. The summed E-state index contributed by atoms with van der Waals surface area (Å²) < 4.78 is 14.4. The van der Waals surface area contributed by atoms with E-state index in [0.717, 1.165) is 42.9 Å². The quantitative estimate of drug-likeness (QED) is 0.661. The number of nitrogens with zero attached hydrogens (tertiary/aromatic N) is 1. The van der Waals surface area contributed by atoms with Crippen molar-refractivity contribution < 1.29 is 14.0 Å². The molecule has 2 fully saturated rings. The second-order valence-electron chi connectivity index (χ2n) is 8.31. The smallest absolute Gasteiger partial charge is 0.225 e. The van der Waals surface area contributed by atoms with Crippen LogP contribution in [0.25, 0.3) is 0 Å². The molecule has 0 aliphatic carbocycles. The van der Waals surface area contributed by atoms with Crippen LogP contribution in [0.1, 0.15) is 37.7 Å². The minimum Gasteiger partial charge on any atom is -0.369 e. The minimum atomic E-state index is -0.287. The average Bonchev–Trinajstić information content (AvgIpc) is 3.04. The van der Waals surface area contributed by atoms with Gasteiger partial charge in [0.25, 0.3) is 0 Å². The first kappa shape index (κ1) is 21.2. The van der Waals surface area contributed by atoms with Gasteiger partial charge in [-0.05, 0) is 48.7 Å². The second-order valence-corrected chi connectivity index (χ2v) is 8.31. The van der Waals surface area contributed by atoms with E-state index in [2.05, 4.69) is 20.9 Å². The highest BCUT2D eigenvalue weighted by atomic mass is 19.1. The zero-order valence-electron chi connectivity index (χ0n) is 17.6. The van der Waals surface area contributed by atoms with Crippen LogP contribution in [0.3, 0.4) is 0 Å². The maximum Gasteiger partial charge on any atom is 0.225 e. The van der Waals surface area contributed by atoms with E-state index in [1.807, 2.05) is 30.3 Å². The molecule has 31 heavy (non-hydrogen) atoms. The molecule has 2 aliphatic rings. The number of hydrogen-bond donors (Lipinski definition) is 3. The summed E-state index contributed by atoms with van der Waals surface area (Å²) in [5.41, 5.74) is 3.38. The summed E-state index contributed by atoms with van der Waals surface area (Å²) in [6.45, 7) is 2.61. The lowest BCUT2D eigenvalue weighted by molar-refractivity contribution is -0.126. The molecular weight excluding hydrogens is 395 g/mol. The van der Waals surface area contributed by atoms with Crippen molar-refractivity contribution in [2.75, 3.05) is 29.9 Å². The number of carbonyl (C=O) groups excluding carboxylic acids is 2. The van der Waals surface area contributed by atoms with Crippen LogP contribution < -0.4 is 20.9 Å². The Kier molecular flexibility index (Phi) is 6.70. The van der Waals surface area contributed by atoms with Crippen LogP contribution in [-0.2, 0) is 16.1 Å². The fourth-order valence-corrected chi connectivity index (χ4v) is 4.14. The Labute approximate surface area is 182 Å².